The van der Waals surface area contributed by atoms with E-state index in [0.717, 1.165) is 37.0 Å². The molecule has 8 atom stereocenters. The van der Waals surface area contributed by atoms with Gasteiger partial charge in [0.1, 0.15) is 0 Å². The van der Waals surface area contributed by atoms with Crippen molar-refractivity contribution in [2.75, 3.05) is 0 Å². The van der Waals surface area contributed by atoms with Crippen molar-refractivity contribution in [3.8, 4) is 0 Å². The first-order valence-corrected chi connectivity index (χ1v) is 11.4. The minimum atomic E-state index is -3.99. The highest BCUT2D eigenvalue weighted by Crippen LogP contribution is 2.68. The van der Waals surface area contributed by atoms with Crippen molar-refractivity contribution in [2.45, 2.75) is 90.7 Å². The van der Waals surface area contributed by atoms with Gasteiger partial charge >= 0.3 is 6.18 Å². The molecule has 0 heterocycles. The summed E-state index contributed by atoms with van der Waals surface area (Å²) in [6.45, 7) is 8.83. The summed E-state index contributed by atoms with van der Waals surface area (Å²) in [6, 6.07) is 0. The van der Waals surface area contributed by atoms with E-state index in [1.165, 1.54) is 38.5 Å². The average Bonchev–Trinajstić information content (AvgIpc) is 2.94. The molecule has 4 saturated carbocycles. The van der Waals surface area contributed by atoms with Gasteiger partial charge in [0.2, 0.25) is 0 Å². The zero-order valence-electron chi connectivity index (χ0n) is 17.2. The molecule has 27 heavy (non-hydrogen) atoms. The Balaban J connectivity index is 1.52. The average molecular weight is 383 g/mol. The monoisotopic (exact) mass is 382 g/mol. The summed E-state index contributed by atoms with van der Waals surface area (Å²) < 4.78 is 40.0. The molecule has 4 rings (SSSR count). The van der Waals surface area contributed by atoms with Crippen LogP contribution in [0, 0.1) is 46.3 Å². The number of alkyl halides is 3. The molecule has 0 bridgehead atoms. The van der Waals surface area contributed by atoms with E-state index in [2.05, 4.69) is 26.5 Å². The number of fused-ring (bicyclic) bond motifs is 5. The molecule has 0 aromatic rings. The molecule has 0 N–H and O–H groups in total. The molecule has 8 unspecified atom stereocenters. The summed E-state index contributed by atoms with van der Waals surface area (Å²) in [5.74, 6) is 2.32. The van der Waals surface area contributed by atoms with Gasteiger partial charge in [0.05, 0.1) is 5.92 Å². The van der Waals surface area contributed by atoms with Crippen molar-refractivity contribution in [3.05, 3.63) is 12.7 Å². The van der Waals surface area contributed by atoms with E-state index in [1.54, 1.807) is 0 Å². The fourth-order valence-corrected chi connectivity index (χ4v) is 8.46. The van der Waals surface area contributed by atoms with E-state index in [0.29, 0.717) is 30.1 Å². The first kappa shape index (κ1) is 19.8. The quantitative estimate of drug-likeness (QED) is 0.437. The summed E-state index contributed by atoms with van der Waals surface area (Å²) in [5, 5.41) is 0. The maximum absolute atomic E-state index is 13.3. The van der Waals surface area contributed by atoms with Crippen LogP contribution in [0.1, 0.15) is 84.5 Å². The SMILES string of the molecule is C=CCCC1CCC2C3CCC4CC(C(F)(F)F)CCC4(C)C3CCC12C. The summed E-state index contributed by atoms with van der Waals surface area (Å²) in [5.41, 5.74) is 0.627. The van der Waals surface area contributed by atoms with E-state index in [-0.39, 0.29) is 5.41 Å². The second-order valence-electron chi connectivity index (χ2n) is 10.9. The third-order valence-corrected chi connectivity index (χ3v) is 10.0. The van der Waals surface area contributed by atoms with Gasteiger partial charge in [0.25, 0.3) is 0 Å². The minimum absolute atomic E-state index is 0.158. The fourth-order valence-electron chi connectivity index (χ4n) is 8.46. The second kappa shape index (κ2) is 6.80. The topological polar surface area (TPSA) is 0 Å². The molecule has 4 fully saturated rings. The van der Waals surface area contributed by atoms with E-state index in [1.807, 2.05) is 0 Å². The van der Waals surface area contributed by atoms with Gasteiger partial charge in [0, 0.05) is 0 Å². The number of hydrogen-bond acceptors (Lipinski definition) is 0. The first-order chi connectivity index (χ1) is 12.7. The lowest BCUT2D eigenvalue weighted by atomic mass is 9.44. The summed E-state index contributed by atoms with van der Waals surface area (Å²) in [7, 11) is 0. The zero-order valence-corrected chi connectivity index (χ0v) is 17.2. The van der Waals surface area contributed by atoms with Crippen LogP contribution >= 0.6 is 0 Å². The van der Waals surface area contributed by atoms with E-state index in [4.69, 9.17) is 0 Å². The smallest absolute Gasteiger partial charge is 0.171 e. The predicted octanol–water partition coefficient (Wildman–Crippen LogP) is 7.79. The Kier molecular flexibility index (Phi) is 4.99. The van der Waals surface area contributed by atoms with Crippen LogP contribution in [0.15, 0.2) is 12.7 Å². The first-order valence-electron chi connectivity index (χ1n) is 11.4. The van der Waals surface area contributed by atoms with Crippen LogP contribution in [0.25, 0.3) is 0 Å². The molecule has 154 valence electrons. The summed E-state index contributed by atoms with van der Waals surface area (Å²) >= 11 is 0. The van der Waals surface area contributed by atoms with E-state index >= 15 is 0 Å². The lowest BCUT2D eigenvalue weighted by Gasteiger charge is -2.61. The molecular weight excluding hydrogens is 345 g/mol. The molecule has 0 spiro atoms. The number of allylic oxidation sites excluding steroid dienone is 1. The van der Waals surface area contributed by atoms with E-state index < -0.39 is 12.1 Å². The Labute approximate surface area is 163 Å². The van der Waals surface area contributed by atoms with Gasteiger partial charge in [-0.05, 0) is 111 Å². The molecule has 0 amide bonds. The van der Waals surface area contributed by atoms with Gasteiger partial charge in [-0.3, -0.25) is 0 Å². The summed E-state index contributed by atoms with van der Waals surface area (Å²) in [4.78, 5) is 0. The molecule has 0 radical (unpaired) electrons. The van der Waals surface area contributed by atoms with Crippen LogP contribution in [0.3, 0.4) is 0 Å². The minimum Gasteiger partial charge on any atom is -0.171 e. The zero-order chi connectivity index (χ0) is 19.4. The molecule has 0 aliphatic heterocycles. The van der Waals surface area contributed by atoms with Crippen molar-refractivity contribution in [3.63, 3.8) is 0 Å². The van der Waals surface area contributed by atoms with Crippen LogP contribution in [0.4, 0.5) is 13.2 Å². The summed E-state index contributed by atoms with van der Waals surface area (Å²) in [6.07, 6.45) is 9.51. The highest BCUT2D eigenvalue weighted by Gasteiger charge is 2.61. The lowest BCUT2D eigenvalue weighted by Crippen LogP contribution is -2.54. The highest BCUT2D eigenvalue weighted by molar-refractivity contribution is 5.09. The maximum Gasteiger partial charge on any atom is 0.391 e. The lowest BCUT2D eigenvalue weighted by molar-refractivity contribution is -0.208. The Hall–Kier alpha value is -0.470. The molecule has 4 aliphatic carbocycles. The fraction of sp³-hybridized carbons (Fsp3) is 0.917. The Morgan fingerprint density at radius 1 is 0.926 bits per heavy atom. The van der Waals surface area contributed by atoms with Crippen molar-refractivity contribution in [1.29, 1.82) is 0 Å². The van der Waals surface area contributed by atoms with Crippen molar-refractivity contribution < 1.29 is 13.2 Å². The molecular formula is C24H37F3. The third-order valence-electron chi connectivity index (χ3n) is 10.0. The Bertz CT molecular complexity index is 566. The van der Waals surface area contributed by atoms with E-state index in [9.17, 15) is 13.2 Å². The molecule has 0 aromatic heterocycles. The van der Waals surface area contributed by atoms with Crippen molar-refractivity contribution in [1.82, 2.24) is 0 Å². The predicted molar refractivity (Wildman–Crippen MR) is 104 cm³/mol. The maximum atomic E-state index is 13.3. The van der Waals surface area contributed by atoms with Gasteiger partial charge < -0.3 is 0 Å². The molecule has 4 aliphatic rings. The number of halogens is 3. The van der Waals surface area contributed by atoms with Gasteiger partial charge in [-0.25, -0.2) is 0 Å². The van der Waals surface area contributed by atoms with Crippen LogP contribution in [-0.4, -0.2) is 6.18 Å². The molecule has 0 saturated heterocycles. The second-order valence-corrected chi connectivity index (χ2v) is 10.9. The number of hydrogen-bond donors (Lipinski definition) is 0. The van der Waals surface area contributed by atoms with Crippen LogP contribution in [-0.2, 0) is 0 Å². The van der Waals surface area contributed by atoms with Crippen molar-refractivity contribution in [2.24, 2.45) is 46.3 Å². The van der Waals surface area contributed by atoms with Crippen LogP contribution in [0.2, 0.25) is 0 Å². The van der Waals surface area contributed by atoms with Crippen LogP contribution in [0.5, 0.6) is 0 Å². The molecule has 3 heteroatoms. The molecule has 0 nitrogen and oxygen atoms in total. The largest absolute Gasteiger partial charge is 0.391 e. The third kappa shape index (κ3) is 3.10. The standard InChI is InChI=1S/C24H37F3/c1-4-5-6-16-8-10-20-19-9-7-17-15-18(24(25,26)27)11-13-23(17,3)21(19)12-14-22(16,20)2/h4,16-21H,1,5-15H2,2-3H3. The highest BCUT2D eigenvalue weighted by atomic mass is 19.4. The number of rotatable bonds is 3. The normalized spacial score (nSPS) is 49.8. The van der Waals surface area contributed by atoms with Crippen molar-refractivity contribution >= 4 is 0 Å². The Morgan fingerprint density at radius 2 is 1.63 bits per heavy atom. The van der Waals surface area contributed by atoms with Gasteiger partial charge in [0.15, 0.2) is 0 Å². The Morgan fingerprint density at radius 3 is 2.33 bits per heavy atom. The van der Waals surface area contributed by atoms with Gasteiger partial charge in [-0.2, -0.15) is 13.2 Å². The van der Waals surface area contributed by atoms with Gasteiger partial charge in [-0.1, -0.05) is 19.9 Å². The molecule has 0 aromatic carbocycles. The van der Waals surface area contributed by atoms with Crippen LogP contribution < -0.4 is 0 Å². The van der Waals surface area contributed by atoms with Gasteiger partial charge in [-0.15, -0.1) is 6.58 Å².